The fourth-order valence-electron chi connectivity index (χ4n) is 2.44. The fourth-order valence-corrected chi connectivity index (χ4v) is 3.37. The van der Waals surface area contributed by atoms with Crippen molar-refractivity contribution in [3.8, 4) is 5.75 Å². The number of esters is 1. The summed E-state index contributed by atoms with van der Waals surface area (Å²) in [5, 5.41) is 2.77. The first-order chi connectivity index (χ1) is 13.4. The van der Waals surface area contributed by atoms with Crippen LogP contribution in [0.4, 0.5) is 0 Å². The van der Waals surface area contributed by atoms with Gasteiger partial charge in [-0.1, -0.05) is 18.2 Å². The van der Waals surface area contributed by atoms with E-state index in [4.69, 9.17) is 9.47 Å². The van der Waals surface area contributed by atoms with Crippen molar-refractivity contribution in [2.75, 3.05) is 12.9 Å². The molecule has 0 aliphatic rings. The van der Waals surface area contributed by atoms with Gasteiger partial charge in [-0.25, -0.2) is 0 Å². The van der Waals surface area contributed by atoms with Crippen molar-refractivity contribution in [1.29, 1.82) is 0 Å². The van der Waals surface area contributed by atoms with E-state index in [0.717, 1.165) is 16.2 Å². The molecule has 0 bridgehead atoms. The number of hydrogen-bond acceptors (Lipinski definition) is 5. The summed E-state index contributed by atoms with van der Waals surface area (Å²) in [5.41, 5.74) is 3.42. The van der Waals surface area contributed by atoms with Crippen molar-refractivity contribution in [3.63, 3.8) is 0 Å². The summed E-state index contributed by atoms with van der Waals surface area (Å²) in [4.78, 5) is 25.2. The van der Waals surface area contributed by atoms with Gasteiger partial charge in [0, 0.05) is 17.2 Å². The third kappa shape index (κ3) is 6.93. The largest absolute Gasteiger partial charge is 0.497 e. The highest BCUT2D eigenvalue weighted by Gasteiger charge is 2.17. The lowest BCUT2D eigenvalue weighted by atomic mass is 10.1. The lowest BCUT2D eigenvalue weighted by Gasteiger charge is -2.14. The maximum Gasteiger partial charge on any atom is 0.307 e. The molecule has 2 rings (SSSR count). The average molecular weight is 402 g/mol. The number of aryl methyl sites for hydroxylation is 2. The number of thioether (sulfide) groups is 1. The van der Waals surface area contributed by atoms with Crippen LogP contribution >= 0.6 is 11.8 Å². The van der Waals surface area contributed by atoms with E-state index in [1.165, 1.54) is 11.1 Å². The molecule has 0 spiro atoms. The molecule has 0 unspecified atom stereocenters. The number of amides is 1. The third-order valence-corrected chi connectivity index (χ3v) is 5.35. The van der Waals surface area contributed by atoms with E-state index in [1.54, 1.807) is 25.8 Å². The van der Waals surface area contributed by atoms with E-state index in [1.807, 2.05) is 30.3 Å². The van der Waals surface area contributed by atoms with Crippen molar-refractivity contribution in [2.45, 2.75) is 44.7 Å². The van der Waals surface area contributed by atoms with Gasteiger partial charge in [-0.2, -0.15) is 0 Å². The summed E-state index contributed by atoms with van der Waals surface area (Å²) in [6, 6.07) is 13.6. The summed E-state index contributed by atoms with van der Waals surface area (Å²) in [5.74, 6) is 0.687. The topological polar surface area (TPSA) is 64.6 Å². The zero-order valence-electron chi connectivity index (χ0n) is 16.8. The first-order valence-corrected chi connectivity index (χ1v) is 10.2. The summed E-state index contributed by atoms with van der Waals surface area (Å²) < 4.78 is 10.3. The fraction of sp³-hybridized carbons (Fsp3) is 0.364. The summed E-state index contributed by atoms with van der Waals surface area (Å²) in [7, 11) is 1.60. The predicted molar refractivity (Wildman–Crippen MR) is 112 cm³/mol. The minimum atomic E-state index is -0.822. The van der Waals surface area contributed by atoms with Crippen LogP contribution in [0.5, 0.6) is 5.75 Å². The van der Waals surface area contributed by atoms with Gasteiger partial charge in [0.2, 0.25) is 0 Å². The molecule has 2 aromatic rings. The molecule has 0 aromatic heterocycles. The molecule has 2 aromatic carbocycles. The van der Waals surface area contributed by atoms with E-state index >= 15 is 0 Å². The molecule has 1 atom stereocenters. The Labute approximate surface area is 170 Å². The van der Waals surface area contributed by atoms with Gasteiger partial charge in [-0.05, 0) is 61.7 Å². The van der Waals surface area contributed by atoms with Gasteiger partial charge in [-0.15, -0.1) is 11.8 Å². The minimum Gasteiger partial charge on any atom is -0.497 e. The Hall–Kier alpha value is -2.47. The lowest BCUT2D eigenvalue weighted by Crippen LogP contribution is -2.35. The zero-order chi connectivity index (χ0) is 20.5. The van der Waals surface area contributed by atoms with E-state index in [2.05, 4.69) is 31.3 Å². The molecule has 6 heteroatoms. The molecule has 0 heterocycles. The molecule has 5 nitrogen and oxygen atoms in total. The summed E-state index contributed by atoms with van der Waals surface area (Å²) in [6.07, 6.45) is -0.564. The number of carbonyl (C=O) groups excluding carboxylic acids is 2. The SMILES string of the molecule is COc1ccc(CNC(=O)[C@H](C)OC(=O)CCSc2ccc(C)c(C)c2)cc1. The van der Waals surface area contributed by atoms with Gasteiger partial charge in [0.1, 0.15) is 5.75 Å². The van der Waals surface area contributed by atoms with Crippen molar-refractivity contribution in [2.24, 2.45) is 0 Å². The molecule has 28 heavy (non-hydrogen) atoms. The van der Waals surface area contributed by atoms with Crippen LogP contribution in [0.2, 0.25) is 0 Å². The quantitative estimate of drug-likeness (QED) is 0.507. The average Bonchev–Trinajstić information content (AvgIpc) is 2.69. The monoisotopic (exact) mass is 401 g/mol. The maximum absolute atomic E-state index is 12.1. The summed E-state index contributed by atoms with van der Waals surface area (Å²) in [6.45, 7) is 6.09. The van der Waals surface area contributed by atoms with Gasteiger partial charge in [0.05, 0.1) is 13.5 Å². The lowest BCUT2D eigenvalue weighted by molar-refractivity contribution is -0.154. The van der Waals surface area contributed by atoms with Gasteiger partial charge in [-0.3, -0.25) is 9.59 Å². The number of methoxy groups -OCH3 is 1. The number of carbonyl (C=O) groups is 2. The van der Waals surface area contributed by atoms with Gasteiger partial charge in [0.15, 0.2) is 6.10 Å². The van der Waals surface area contributed by atoms with E-state index < -0.39 is 6.10 Å². The molecule has 0 saturated carbocycles. The number of rotatable bonds is 9. The van der Waals surface area contributed by atoms with E-state index in [9.17, 15) is 9.59 Å². The first kappa shape index (κ1) is 21.8. The number of nitrogens with one attached hydrogen (secondary N) is 1. The Balaban J connectivity index is 1.69. The highest BCUT2D eigenvalue weighted by atomic mass is 32.2. The van der Waals surface area contributed by atoms with Crippen LogP contribution in [0.15, 0.2) is 47.4 Å². The number of hydrogen-bond donors (Lipinski definition) is 1. The smallest absolute Gasteiger partial charge is 0.307 e. The Morgan fingerprint density at radius 2 is 1.79 bits per heavy atom. The van der Waals surface area contributed by atoms with Crippen molar-refractivity contribution in [3.05, 3.63) is 59.2 Å². The highest BCUT2D eigenvalue weighted by Crippen LogP contribution is 2.21. The van der Waals surface area contributed by atoms with Crippen LogP contribution in [-0.2, 0) is 20.9 Å². The Kier molecular flexibility index (Phi) is 8.39. The zero-order valence-corrected chi connectivity index (χ0v) is 17.6. The molecule has 0 aliphatic carbocycles. The second kappa shape index (κ2) is 10.8. The van der Waals surface area contributed by atoms with Gasteiger partial charge in [0.25, 0.3) is 5.91 Å². The van der Waals surface area contributed by atoms with Crippen molar-refractivity contribution >= 4 is 23.6 Å². The molecular weight excluding hydrogens is 374 g/mol. The van der Waals surface area contributed by atoms with Crippen LogP contribution in [0.3, 0.4) is 0 Å². The van der Waals surface area contributed by atoms with Crippen LogP contribution in [0.25, 0.3) is 0 Å². The standard InChI is InChI=1S/C22H27NO4S/c1-15-5-10-20(13-16(15)2)28-12-11-21(24)27-17(3)22(25)23-14-18-6-8-19(26-4)9-7-18/h5-10,13,17H,11-12,14H2,1-4H3,(H,23,25)/t17-/m0/s1. The Bertz CT molecular complexity index is 805. The Morgan fingerprint density at radius 3 is 2.43 bits per heavy atom. The minimum absolute atomic E-state index is 0.258. The second-order valence-corrected chi connectivity index (χ2v) is 7.71. The maximum atomic E-state index is 12.1. The predicted octanol–water partition coefficient (Wildman–Crippen LogP) is 4.04. The molecule has 0 fully saturated rings. The molecule has 0 radical (unpaired) electrons. The van der Waals surface area contributed by atoms with Gasteiger partial charge >= 0.3 is 5.97 Å². The molecule has 0 saturated heterocycles. The normalized spacial score (nSPS) is 11.6. The van der Waals surface area contributed by atoms with E-state index in [0.29, 0.717) is 12.3 Å². The van der Waals surface area contributed by atoms with Crippen LogP contribution < -0.4 is 10.1 Å². The summed E-state index contributed by atoms with van der Waals surface area (Å²) >= 11 is 1.61. The number of ether oxygens (including phenoxy) is 2. The van der Waals surface area contributed by atoms with Crippen molar-refractivity contribution in [1.82, 2.24) is 5.32 Å². The van der Waals surface area contributed by atoms with Crippen LogP contribution in [0, 0.1) is 13.8 Å². The van der Waals surface area contributed by atoms with E-state index in [-0.39, 0.29) is 18.3 Å². The molecular formula is C22H27NO4S. The number of benzene rings is 2. The van der Waals surface area contributed by atoms with Crippen molar-refractivity contribution < 1.29 is 19.1 Å². The van der Waals surface area contributed by atoms with Gasteiger partial charge < -0.3 is 14.8 Å². The first-order valence-electron chi connectivity index (χ1n) is 9.19. The molecule has 1 amide bonds. The van der Waals surface area contributed by atoms with Crippen LogP contribution in [0.1, 0.15) is 30.0 Å². The third-order valence-electron chi connectivity index (χ3n) is 4.36. The molecule has 0 aliphatic heterocycles. The second-order valence-electron chi connectivity index (χ2n) is 6.54. The highest BCUT2D eigenvalue weighted by molar-refractivity contribution is 7.99. The molecule has 1 N–H and O–H groups in total. The molecule has 150 valence electrons. The Morgan fingerprint density at radius 1 is 1.07 bits per heavy atom. The van der Waals surface area contributed by atoms with Crippen LogP contribution in [-0.4, -0.2) is 30.8 Å².